The number of ether oxygens (including phenoxy) is 1. The SMILES string of the molecule is Cn1c(=O)c2c(c3nc(C#N)ccc31)N1CCN(C(c3ccc(F)cc3)c3ccc(F)cc3)C[C@@H]1COC2=O. The van der Waals surface area contributed by atoms with Crippen LogP contribution in [-0.4, -0.2) is 52.7 Å². The van der Waals surface area contributed by atoms with Crippen LogP contribution in [0, 0.1) is 23.0 Å². The van der Waals surface area contributed by atoms with E-state index in [0.29, 0.717) is 36.4 Å². The molecule has 0 aliphatic carbocycles. The highest BCUT2D eigenvalue weighted by atomic mass is 19.1. The summed E-state index contributed by atoms with van der Waals surface area (Å²) in [7, 11) is 1.56. The van der Waals surface area contributed by atoms with E-state index in [1.807, 2.05) is 11.0 Å². The Morgan fingerprint density at radius 2 is 1.62 bits per heavy atom. The summed E-state index contributed by atoms with van der Waals surface area (Å²) >= 11 is 0. The lowest BCUT2D eigenvalue weighted by Crippen LogP contribution is -2.55. The van der Waals surface area contributed by atoms with Crippen LogP contribution < -0.4 is 10.5 Å². The molecular weight excluding hydrogens is 504 g/mol. The molecular formula is C29H23F2N5O3. The Morgan fingerprint density at radius 3 is 2.23 bits per heavy atom. The van der Waals surface area contributed by atoms with E-state index in [9.17, 15) is 23.6 Å². The summed E-state index contributed by atoms with van der Waals surface area (Å²) in [5.41, 5.74) is 2.51. The molecule has 0 radical (unpaired) electrons. The summed E-state index contributed by atoms with van der Waals surface area (Å²) in [5, 5.41) is 9.47. The van der Waals surface area contributed by atoms with E-state index in [-0.39, 0.29) is 41.6 Å². The van der Waals surface area contributed by atoms with Gasteiger partial charge in [0.15, 0.2) is 5.56 Å². The molecule has 0 amide bonds. The molecule has 39 heavy (non-hydrogen) atoms. The van der Waals surface area contributed by atoms with Gasteiger partial charge in [-0.15, -0.1) is 0 Å². The van der Waals surface area contributed by atoms with Gasteiger partial charge in [0.1, 0.15) is 35.5 Å². The molecule has 4 heterocycles. The maximum absolute atomic E-state index is 13.8. The second kappa shape index (κ2) is 9.60. The number of benzene rings is 2. The van der Waals surface area contributed by atoms with E-state index in [4.69, 9.17) is 4.74 Å². The quantitative estimate of drug-likeness (QED) is 0.377. The summed E-state index contributed by atoms with van der Waals surface area (Å²) < 4.78 is 34.5. The Labute approximate surface area is 222 Å². The van der Waals surface area contributed by atoms with Gasteiger partial charge >= 0.3 is 5.97 Å². The molecule has 0 bridgehead atoms. The number of carbonyl (C=O) groups is 1. The number of aromatic nitrogens is 2. The first kappa shape index (κ1) is 24.7. The van der Waals surface area contributed by atoms with Crippen molar-refractivity contribution >= 4 is 22.7 Å². The smallest absolute Gasteiger partial charge is 0.346 e. The zero-order chi connectivity index (χ0) is 27.3. The molecule has 0 saturated carbocycles. The lowest BCUT2D eigenvalue weighted by atomic mass is 9.95. The Bertz CT molecular complexity index is 1650. The van der Waals surface area contributed by atoms with Crippen molar-refractivity contribution in [3.05, 3.63) is 105 Å². The molecule has 0 unspecified atom stereocenters. The van der Waals surface area contributed by atoms with Crippen molar-refractivity contribution in [2.75, 3.05) is 31.1 Å². The van der Waals surface area contributed by atoms with Crippen molar-refractivity contribution in [3.8, 4) is 6.07 Å². The van der Waals surface area contributed by atoms with Gasteiger partial charge < -0.3 is 14.2 Å². The number of rotatable bonds is 3. The second-order valence-corrected chi connectivity index (χ2v) is 9.71. The number of cyclic esters (lactones) is 1. The van der Waals surface area contributed by atoms with Crippen molar-refractivity contribution in [2.45, 2.75) is 12.1 Å². The molecule has 6 rings (SSSR count). The van der Waals surface area contributed by atoms with Crippen molar-refractivity contribution in [2.24, 2.45) is 7.05 Å². The molecule has 2 aromatic heterocycles. The number of anilines is 1. The van der Waals surface area contributed by atoms with Crippen LogP contribution in [0.1, 0.15) is 33.2 Å². The molecule has 196 valence electrons. The van der Waals surface area contributed by atoms with Crippen molar-refractivity contribution < 1.29 is 18.3 Å². The largest absolute Gasteiger partial charge is 0.460 e. The second-order valence-electron chi connectivity index (χ2n) is 9.71. The monoisotopic (exact) mass is 527 g/mol. The van der Waals surface area contributed by atoms with E-state index in [2.05, 4.69) is 9.88 Å². The number of carbonyl (C=O) groups excluding carboxylic acids is 1. The number of hydrogen-bond acceptors (Lipinski definition) is 7. The maximum atomic E-state index is 13.8. The van der Waals surface area contributed by atoms with E-state index in [1.165, 1.54) is 34.9 Å². The number of esters is 1. The third-order valence-electron chi connectivity index (χ3n) is 7.48. The van der Waals surface area contributed by atoms with Crippen molar-refractivity contribution in [1.29, 1.82) is 5.26 Å². The number of aryl methyl sites for hydroxylation is 1. The number of piperazine rings is 1. The van der Waals surface area contributed by atoms with Crippen LogP contribution in [0.4, 0.5) is 14.5 Å². The minimum atomic E-state index is -0.730. The van der Waals surface area contributed by atoms with Crippen LogP contribution in [0.25, 0.3) is 11.0 Å². The first-order valence-electron chi connectivity index (χ1n) is 12.5. The van der Waals surface area contributed by atoms with Crippen LogP contribution >= 0.6 is 0 Å². The zero-order valence-electron chi connectivity index (χ0n) is 21.0. The molecule has 1 atom stereocenters. The van der Waals surface area contributed by atoms with Gasteiger partial charge in [0.25, 0.3) is 5.56 Å². The zero-order valence-corrected chi connectivity index (χ0v) is 21.0. The van der Waals surface area contributed by atoms with E-state index in [0.717, 1.165) is 11.1 Å². The van der Waals surface area contributed by atoms with Gasteiger partial charge in [-0.25, -0.2) is 18.6 Å². The molecule has 8 nitrogen and oxygen atoms in total. The fraction of sp³-hybridized carbons (Fsp3) is 0.241. The molecule has 4 aromatic rings. The minimum Gasteiger partial charge on any atom is -0.460 e. The predicted octanol–water partition coefficient (Wildman–Crippen LogP) is 3.53. The number of pyridine rings is 2. The lowest BCUT2D eigenvalue weighted by molar-refractivity contribution is 0.0451. The Morgan fingerprint density at radius 1 is 0.974 bits per heavy atom. The highest BCUT2D eigenvalue weighted by Gasteiger charge is 2.39. The van der Waals surface area contributed by atoms with Gasteiger partial charge in [-0.1, -0.05) is 24.3 Å². The van der Waals surface area contributed by atoms with Gasteiger partial charge in [0.2, 0.25) is 0 Å². The molecule has 0 N–H and O–H groups in total. The summed E-state index contributed by atoms with van der Waals surface area (Å²) in [6.45, 7) is 1.40. The number of hydrogen-bond donors (Lipinski definition) is 0. The Hall–Kier alpha value is -4.62. The number of fused-ring (bicyclic) bond motifs is 5. The average Bonchev–Trinajstić information content (AvgIpc) is 3.10. The number of halogens is 2. The van der Waals surface area contributed by atoms with Crippen LogP contribution in [0.3, 0.4) is 0 Å². The van der Waals surface area contributed by atoms with Crippen LogP contribution in [0.2, 0.25) is 0 Å². The minimum absolute atomic E-state index is 0.0339. The summed E-state index contributed by atoms with van der Waals surface area (Å²) in [6, 6.07) is 17.0. The van der Waals surface area contributed by atoms with Gasteiger partial charge in [0.05, 0.1) is 23.3 Å². The maximum Gasteiger partial charge on any atom is 0.346 e. The van der Waals surface area contributed by atoms with E-state index >= 15 is 0 Å². The number of nitrogens with zero attached hydrogens (tertiary/aromatic N) is 5. The normalized spacial score (nSPS) is 17.4. The lowest BCUT2D eigenvalue weighted by Gasteiger charge is -2.45. The van der Waals surface area contributed by atoms with E-state index in [1.54, 1.807) is 37.4 Å². The van der Waals surface area contributed by atoms with Gasteiger partial charge in [0, 0.05) is 26.7 Å². The predicted molar refractivity (Wildman–Crippen MR) is 139 cm³/mol. The standard InChI is InChI=1S/C29H23F2N5O3/c1-34-23-11-10-21(14-32)33-25(23)27-24(28(34)37)29(38)39-16-22-15-35(12-13-36(22)27)26(17-2-6-19(30)7-3-17)18-4-8-20(31)9-5-18/h2-11,22,26H,12-13,15-16H2,1H3/t22-/m1/s1. The average molecular weight is 528 g/mol. The fourth-order valence-electron chi connectivity index (χ4n) is 5.62. The summed E-state index contributed by atoms with van der Waals surface area (Å²) in [5.74, 6) is -1.44. The third-order valence-corrected chi connectivity index (χ3v) is 7.48. The molecule has 2 aromatic carbocycles. The first-order valence-corrected chi connectivity index (χ1v) is 12.5. The Kier molecular flexibility index (Phi) is 6.08. The Balaban J connectivity index is 1.45. The van der Waals surface area contributed by atoms with Crippen molar-refractivity contribution in [3.63, 3.8) is 0 Å². The summed E-state index contributed by atoms with van der Waals surface area (Å²) in [4.78, 5) is 35.0. The third kappa shape index (κ3) is 4.21. The van der Waals surface area contributed by atoms with Gasteiger partial charge in [-0.2, -0.15) is 5.26 Å². The van der Waals surface area contributed by atoms with Crippen LogP contribution in [-0.2, 0) is 11.8 Å². The highest BCUT2D eigenvalue weighted by molar-refractivity contribution is 6.04. The fourth-order valence-corrected chi connectivity index (χ4v) is 5.62. The molecule has 1 fully saturated rings. The highest BCUT2D eigenvalue weighted by Crippen LogP contribution is 2.36. The van der Waals surface area contributed by atoms with Crippen molar-refractivity contribution in [1.82, 2.24) is 14.5 Å². The van der Waals surface area contributed by atoms with Gasteiger partial charge in [-0.05, 0) is 47.5 Å². The molecule has 0 spiro atoms. The van der Waals surface area contributed by atoms with Crippen LogP contribution in [0.15, 0.2) is 65.5 Å². The molecule has 10 heteroatoms. The number of nitriles is 1. The van der Waals surface area contributed by atoms with Crippen LogP contribution in [0.5, 0.6) is 0 Å². The summed E-state index contributed by atoms with van der Waals surface area (Å²) in [6.07, 6.45) is 0. The molecule has 2 aliphatic heterocycles. The first-order chi connectivity index (χ1) is 18.9. The van der Waals surface area contributed by atoms with E-state index < -0.39 is 11.5 Å². The topological polar surface area (TPSA) is 91.5 Å². The molecule has 2 aliphatic rings. The molecule has 1 saturated heterocycles. The van der Waals surface area contributed by atoms with Gasteiger partial charge in [-0.3, -0.25) is 9.69 Å².